The molecule has 4 saturated heterocycles. The predicted octanol–water partition coefficient (Wildman–Crippen LogP) is -0.787. The van der Waals surface area contributed by atoms with Crippen molar-refractivity contribution in [2.75, 3.05) is 11.5 Å². The fourth-order valence-electron chi connectivity index (χ4n) is 8.77. The van der Waals surface area contributed by atoms with E-state index in [-0.39, 0.29) is 51.5 Å². The summed E-state index contributed by atoms with van der Waals surface area (Å²) in [5.74, 6) is -0.0501. The third-order valence-corrected chi connectivity index (χ3v) is 14.6. The molecule has 4 aliphatic rings. The Morgan fingerprint density at radius 1 is 0.581 bits per heavy atom. The fraction of sp³-hybridized carbons (Fsp3) is 0.619. The van der Waals surface area contributed by atoms with Gasteiger partial charge in [0.15, 0.2) is 37.0 Å². The highest BCUT2D eigenvalue weighted by atomic mass is 32.7. The van der Waals surface area contributed by atoms with Gasteiger partial charge in [0.25, 0.3) is 11.1 Å². The normalized spacial score (nSPS) is 28.7. The first-order valence-electron chi connectivity index (χ1n) is 24.5. The summed E-state index contributed by atoms with van der Waals surface area (Å²) in [5, 5.41) is 38.5. The van der Waals surface area contributed by atoms with Crippen molar-refractivity contribution >= 4 is 82.9 Å². The van der Waals surface area contributed by atoms with Gasteiger partial charge in [-0.2, -0.15) is 37.0 Å². The SMILES string of the molecule is C[C@H](O)[C@H]1O[C@@H](n2ccc(N)nc2=O)[C@@H](F)C1O[P+](=O)O.C[C@H](O)[C@H]1O[C@@H](n2ccc(N)nc2=O)[C@@H](F)C1O[P+](=O)S.Cc1cn([C@H]2CC(O[P+](=O)O)[C@@H]([C@@H](C)O)O2)c(=O)[nH]c1=O.Cc1cn([C@H]2CC(O[P+](=O)O)[C@@H]([C@H](C)O)O2)c(=O)[nH]c1=O.S.S. The fourth-order valence-corrected chi connectivity index (χ4v) is 10.9. The number of nitrogens with two attached hydrogens (primary N) is 2. The van der Waals surface area contributed by atoms with E-state index < -0.39 is 176 Å². The van der Waals surface area contributed by atoms with Gasteiger partial charge in [0.2, 0.25) is 0 Å². The van der Waals surface area contributed by atoms with Crippen molar-refractivity contribution in [2.24, 2.45) is 0 Å². The van der Waals surface area contributed by atoms with Gasteiger partial charge in [0.05, 0.1) is 24.4 Å². The van der Waals surface area contributed by atoms with E-state index in [9.17, 15) is 76.2 Å². The van der Waals surface area contributed by atoms with Crippen molar-refractivity contribution in [2.45, 2.75) is 165 Å². The number of halogens is 2. The smallest absolute Gasteiger partial charge is 0.391 e. The zero-order chi connectivity index (χ0) is 62.9. The first-order chi connectivity index (χ1) is 39.2. The highest BCUT2D eigenvalue weighted by Crippen LogP contribution is 2.42. The minimum atomic E-state index is -3.09. The van der Waals surface area contributed by atoms with Gasteiger partial charge >= 0.3 is 54.8 Å². The Morgan fingerprint density at radius 3 is 1.20 bits per heavy atom. The van der Waals surface area contributed by atoms with Crippen LogP contribution in [-0.2, 0) is 55.3 Å². The molecule has 0 bridgehead atoms. The number of alkyl halides is 2. The van der Waals surface area contributed by atoms with Crippen molar-refractivity contribution in [3.8, 4) is 0 Å². The molecular weight excluding hydrogens is 1300 g/mol. The largest absolute Gasteiger partial charge is 0.695 e. The lowest BCUT2D eigenvalue weighted by atomic mass is 10.1. The van der Waals surface area contributed by atoms with Gasteiger partial charge in [-0.25, -0.2) is 28.0 Å². The van der Waals surface area contributed by atoms with Crippen molar-refractivity contribution < 1.29 is 99.2 Å². The molecule has 8 rings (SSSR count). The van der Waals surface area contributed by atoms with Crippen molar-refractivity contribution in [3.05, 3.63) is 111 Å². The second kappa shape index (κ2) is 33.3. The molecule has 4 aliphatic heterocycles. The van der Waals surface area contributed by atoms with Crippen LogP contribution in [-0.4, -0.2) is 159 Å². The second-order valence-corrected chi connectivity index (χ2v) is 22.6. The van der Waals surface area contributed by atoms with Crippen LogP contribution in [0.3, 0.4) is 0 Å². The molecule has 0 aliphatic carbocycles. The van der Waals surface area contributed by atoms with Crippen LogP contribution in [0.4, 0.5) is 20.4 Å². The quantitative estimate of drug-likeness (QED) is 0.0483. The lowest BCUT2D eigenvalue weighted by Gasteiger charge is -2.18. The molecule has 44 heteroatoms. The molecule has 4 aromatic heterocycles. The van der Waals surface area contributed by atoms with Gasteiger partial charge in [0.1, 0.15) is 73.0 Å². The van der Waals surface area contributed by atoms with Crippen LogP contribution in [0.15, 0.2) is 65.7 Å². The summed E-state index contributed by atoms with van der Waals surface area (Å²) >= 11 is 3.56. The minimum absolute atomic E-state index is 0. The Kier molecular flexibility index (Phi) is 29.3. The molecule has 13 N–H and O–H groups in total. The first kappa shape index (κ1) is 75.7. The number of aliphatic hydroxyl groups is 4. The van der Waals surface area contributed by atoms with Crippen LogP contribution in [0.25, 0.3) is 0 Å². The highest BCUT2D eigenvalue weighted by Gasteiger charge is 2.55. The Bertz CT molecular complexity index is 3170. The molecule has 0 saturated carbocycles. The number of hydrogen-bond acceptors (Lipinski definition) is 26. The average Bonchev–Trinajstić information content (AvgIpc) is 4.39. The number of nitrogen functional groups attached to an aromatic ring is 2. The van der Waals surface area contributed by atoms with Crippen LogP contribution < -0.4 is 45.3 Å². The Hall–Kier alpha value is -4.57. The van der Waals surface area contributed by atoms with Crippen LogP contribution in [0.1, 0.15) is 76.6 Å². The van der Waals surface area contributed by atoms with E-state index in [0.717, 1.165) is 9.13 Å². The minimum Gasteiger partial charge on any atom is -0.391 e. The number of hydrogen-bond donors (Lipinski definition) is 12. The standard InChI is InChI=1S/2C11H15N2O7P.C10H13FN3O6P.C10H13FN3O5PS.2H2S/c2*1-5-4-13(11(16)12-10(5)15)8-3-7(20-21(17)18)9(19-8)6(2)14;1-4(15)7-8(20-21(17)18)6(11)9(19-7)14-3-2-5(12)13-10(14)16;1-4(15)7-8(19-20(17)21)6(11)9(18-7)14-3-2-5(12)13-10(14)16;;/h2*4,6-9,14H,3H2,1-2H3,(H-,12,15,16,17,18);2-4,6-9,15H,1H3,(H2-,12,13,16,17,18);2-4,6-9,15H,1H3,(H2-,12,13,16,17,21);2*1H2/p+4/t6-,7?,8+,9+;6-,7?,8-,9-;2*4-,6-,7+,8?,9+;;/m0100../s1. The predicted molar refractivity (Wildman–Crippen MR) is 306 cm³/mol. The maximum atomic E-state index is 14.4. The molecule has 8 heterocycles. The molecule has 0 spiro atoms. The molecule has 35 nitrogen and oxygen atoms in total. The lowest BCUT2D eigenvalue weighted by Crippen LogP contribution is -2.37. The van der Waals surface area contributed by atoms with E-state index in [4.69, 9.17) is 58.7 Å². The number of nitrogens with zero attached hydrogens (tertiary/aromatic N) is 6. The first-order valence-corrected chi connectivity index (χ1v) is 30.2. The topological polar surface area (TPSA) is 515 Å². The maximum absolute atomic E-state index is 14.4. The lowest BCUT2D eigenvalue weighted by molar-refractivity contribution is -0.0756. The van der Waals surface area contributed by atoms with E-state index >= 15 is 0 Å². The molecule has 0 amide bonds. The summed E-state index contributed by atoms with van der Waals surface area (Å²) in [6.45, 7) is 8.66. The second-order valence-electron chi connectivity index (χ2n) is 18.8. The Morgan fingerprint density at radius 2 is 0.907 bits per heavy atom. The zero-order valence-corrected chi connectivity index (χ0v) is 52.1. The van der Waals surface area contributed by atoms with Gasteiger partial charge < -0.3 is 50.8 Å². The van der Waals surface area contributed by atoms with E-state index in [1.807, 2.05) is 0 Å². The third-order valence-electron chi connectivity index (χ3n) is 12.6. The molecule has 86 heavy (non-hydrogen) atoms. The molecule has 8 unspecified atom stereocenters. The van der Waals surface area contributed by atoms with Crippen LogP contribution in [0.2, 0.25) is 0 Å². The molecule has 0 aromatic carbocycles. The number of aromatic nitrogens is 8. The van der Waals surface area contributed by atoms with Crippen molar-refractivity contribution in [1.82, 2.24) is 38.2 Å². The summed E-state index contributed by atoms with van der Waals surface area (Å²) in [4.78, 5) is 107. The van der Waals surface area contributed by atoms with E-state index in [2.05, 4.69) is 36.7 Å². The van der Waals surface area contributed by atoms with Crippen molar-refractivity contribution in [3.63, 3.8) is 0 Å². The van der Waals surface area contributed by atoms with Crippen LogP contribution in [0.5, 0.6) is 0 Å². The molecule has 480 valence electrons. The van der Waals surface area contributed by atoms with E-state index in [1.54, 1.807) is 0 Å². The number of nitrogens with one attached hydrogen (secondary N) is 2. The van der Waals surface area contributed by atoms with Gasteiger partial charge in [0, 0.05) is 62.5 Å². The van der Waals surface area contributed by atoms with Gasteiger partial charge in [-0.15, -0.1) is 32.8 Å². The number of rotatable bonds is 16. The summed E-state index contributed by atoms with van der Waals surface area (Å²) < 4.78 is 117. The number of anilines is 2. The summed E-state index contributed by atoms with van der Waals surface area (Å²) in [6, 6.07) is 2.58. The van der Waals surface area contributed by atoms with Crippen LogP contribution >= 0.6 is 71.2 Å². The number of aromatic amines is 2. The highest BCUT2D eigenvalue weighted by molar-refractivity contribution is 8.39. The molecule has 0 radical (unpaired) electrons. The molecule has 4 fully saturated rings. The number of aliphatic hydroxyl groups excluding tert-OH is 4. The van der Waals surface area contributed by atoms with Crippen LogP contribution in [0, 0.1) is 13.8 Å². The summed E-state index contributed by atoms with van der Waals surface area (Å²) in [7, 11) is -11.2. The Balaban J connectivity index is 0.000000298. The van der Waals surface area contributed by atoms with Gasteiger partial charge in [-0.3, -0.25) is 37.8 Å². The number of aryl methyl sites for hydroxylation is 2. The van der Waals surface area contributed by atoms with E-state index in [1.165, 1.54) is 87.6 Å². The average molecular weight is 1370 g/mol. The molecule has 22 atom stereocenters. The molecular formula is C42H64F2N10O25P4S3+4. The van der Waals surface area contributed by atoms with Crippen molar-refractivity contribution in [1.29, 1.82) is 0 Å². The maximum Gasteiger partial charge on any atom is 0.695 e. The summed E-state index contributed by atoms with van der Waals surface area (Å²) in [5.41, 5.74) is 7.39. The molecule has 4 aromatic rings. The number of ether oxygens (including phenoxy) is 4. The number of H-pyrrole nitrogens is 2. The van der Waals surface area contributed by atoms with Gasteiger partial charge in [-0.1, -0.05) is 0 Å². The number of thiol groups is 1. The van der Waals surface area contributed by atoms with E-state index in [0.29, 0.717) is 11.1 Å². The summed E-state index contributed by atoms with van der Waals surface area (Å²) in [6.07, 6.45) is -15.5. The Labute approximate surface area is 505 Å². The third kappa shape index (κ3) is 19.7. The zero-order valence-electron chi connectivity index (χ0n) is 45.6. The monoisotopic (exact) mass is 1370 g/mol. The van der Waals surface area contributed by atoms with Gasteiger partial charge in [-0.05, 0) is 58.2 Å².